The maximum Gasteiger partial charge on any atom is 0.339 e. The van der Waals surface area contributed by atoms with Crippen molar-refractivity contribution in [3.63, 3.8) is 0 Å². The topological polar surface area (TPSA) is 69.7 Å². The number of Topliss-reactive ketones (excluding diaryl/α,β-unsaturated/α-hetero) is 1. The first-order chi connectivity index (χ1) is 17.8. The number of ketones is 1. The molecule has 1 aliphatic carbocycles. The van der Waals surface area contributed by atoms with Gasteiger partial charge in [-0.2, -0.15) is 0 Å². The lowest BCUT2D eigenvalue weighted by Gasteiger charge is -2.36. The fraction of sp³-hybridized carbons (Fsp3) is 0.344. The summed E-state index contributed by atoms with van der Waals surface area (Å²) in [6, 6.07) is 23.5. The van der Waals surface area contributed by atoms with Gasteiger partial charge in [-0.3, -0.25) is 4.79 Å². The lowest BCUT2D eigenvalue weighted by molar-refractivity contribution is -0.0176. The molecule has 0 spiro atoms. The highest BCUT2D eigenvalue weighted by Gasteiger charge is 2.34. The quantitative estimate of drug-likeness (QED) is 0.247. The monoisotopic (exact) mass is 498 g/mol. The van der Waals surface area contributed by atoms with Gasteiger partial charge in [0.25, 0.3) is 0 Å². The second-order valence-electron chi connectivity index (χ2n) is 10.3. The maximum atomic E-state index is 13.1. The largest absolute Gasteiger partial charge is 0.458 e. The minimum Gasteiger partial charge on any atom is -0.458 e. The summed E-state index contributed by atoms with van der Waals surface area (Å²) < 4.78 is 11.3. The van der Waals surface area contributed by atoms with E-state index in [1.807, 2.05) is 42.5 Å². The molecule has 3 aromatic rings. The molecule has 1 saturated carbocycles. The molecule has 5 nitrogen and oxygen atoms in total. The molecule has 0 heterocycles. The number of hydrogen-bond acceptors (Lipinski definition) is 5. The number of carbonyl (C=O) groups excluding carboxylic acids is 3. The summed E-state index contributed by atoms with van der Waals surface area (Å²) in [4.78, 5) is 38.7. The molecule has 0 saturated heterocycles. The van der Waals surface area contributed by atoms with Crippen LogP contribution in [0.25, 0.3) is 11.1 Å². The van der Waals surface area contributed by atoms with Crippen LogP contribution < -0.4 is 0 Å². The standard InChI is InChI=1S/C32H34O5/c1-21(2)26-18-13-22(3)19-30(26)37-32(35)28-12-8-7-11-27(28)31(34)36-20-29(33)25-16-14-24(15-17-25)23-9-5-4-6-10-23/h4-12,14-17,21-22,26,30H,13,18-20H2,1-3H3/t22-,26+,30+/m0/s1. The number of esters is 2. The average Bonchev–Trinajstić information content (AvgIpc) is 2.92. The van der Waals surface area contributed by atoms with Gasteiger partial charge in [-0.05, 0) is 53.9 Å². The molecule has 0 N–H and O–H groups in total. The summed E-state index contributed by atoms with van der Waals surface area (Å²) in [5, 5.41) is 0. The van der Waals surface area contributed by atoms with Crippen LogP contribution in [0.1, 0.15) is 71.1 Å². The Labute approximate surface area is 218 Å². The molecular weight excluding hydrogens is 464 g/mol. The molecule has 37 heavy (non-hydrogen) atoms. The first kappa shape index (κ1) is 26.3. The molecule has 0 radical (unpaired) electrons. The summed E-state index contributed by atoms with van der Waals surface area (Å²) in [6.07, 6.45) is 2.79. The fourth-order valence-corrected chi connectivity index (χ4v) is 5.06. The van der Waals surface area contributed by atoms with Gasteiger partial charge in [0.05, 0.1) is 11.1 Å². The molecule has 3 atom stereocenters. The Balaban J connectivity index is 1.40. The van der Waals surface area contributed by atoms with Crippen molar-refractivity contribution >= 4 is 17.7 Å². The predicted octanol–water partition coefficient (Wildman–Crippen LogP) is 7.01. The summed E-state index contributed by atoms with van der Waals surface area (Å²) in [5.74, 6) is -0.382. The number of benzene rings is 3. The third-order valence-corrected chi connectivity index (χ3v) is 7.23. The molecule has 4 rings (SSSR count). The van der Waals surface area contributed by atoms with Crippen molar-refractivity contribution in [2.45, 2.75) is 46.1 Å². The number of carbonyl (C=O) groups is 3. The van der Waals surface area contributed by atoms with E-state index >= 15 is 0 Å². The van der Waals surface area contributed by atoms with Gasteiger partial charge in [-0.1, -0.05) is 93.9 Å². The van der Waals surface area contributed by atoms with E-state index in [0.29, 0.717) is 23.3 Å². The number of ether oxygens (including phenoxy) is 2. The Hall–Kier alpha value is -3.73. The van der Waals surface area contributed by atoms with Crippen molar-refractivity contribution in [3.8, 4) is 11.1 Å². The summed E-state index contributed by atoms with van der Waals surface area (Å²) in [6.45, 7) is 6.06. The normalized spacial score (nSPS) is 19.3. The van der Waals surface area contributed by atoms with Crippen LogP contribution in [0.2, 0.25) is 0 Å². The molecular formula is C32H34O5. The second-order valence-corrected chi connectivity index (χ2v) is 10.3. The Kier molecular flexibility index (Phi) is 8.54. The molecule has 0 aliphatic heterocycles. The number of hydrogen-bond donors (Lipinski definition) is 0. The van der Waals surface area contributed by atoms with Gasteiger partial charge in [0, 0.05) is 5.56 Å². The van der Waals surface area contributed by atoms with Crippen LogP contribution in [0, 0.1) is 17.8 Å². The molecule has 1 aliphatic rings. The van der Waals surface area contributed by atoms with E-state index in [4.69, 9.17) is 9.47 Å². The summed E-state index contributed by atoms with van der Waals surface area (Å²) >= 11 is 0. The Morgan fingerprint density at radius 2 is 1.38 bits per heavy atom. The van der Waals surface area contributed by atoms with Gasteiger partial charge in [0.2, 0.25) is 0 Å². The van der Waals surface area contributed by atoms with Gasteiger partial charge >= 0.3 is 11.9 Å². The first-order valence-electron chi connectivity index (χ1n) is 13.0. The third kappa shape index (κ3) is 6.53. The van der Waals surface area contributed by atoms with Crippen molar-refractivity contribution in [1.82, 2.24) is 0 Å². The van der Waals surface area contributed by atoms with E-state index in [9.17, 15) is 14.4 Å². The van der Waals surface area contributed by atoms with E-state index in [2.05, 4.69) is 20.8 Å². The maximum absolute atomic E-state index is 13.1. The van der Waals surface area contributed by atoms with E-state index in [1.54, 1.807) is 30.3 Å². The van der Waals surface area contributed by atoms with Crippen LogP contribution in [-0.4, -0.2) is 30.4 Å². The predicted molar refractivity (Wildman–Crippen MR) is 143 cm³/mol. The summed E-state index contributed by atoms with van der Waals surface area (Å²) in [5.41, 5.74) is 2.76. The minimum absolute atomic E-state index is 0.102. The van der Waals surface area contributed by atoms with Gasteiger partial charge < -0.3 is 9.47 Å². The van der Waals surface area contributed by atoms with Crippen LogP contribution in [0.3, 0.4) is 0 Å². The van der Waals surface area contributed by atoms with Crippen LogP contribution in [-0.2, 0) is 9.47 Å². The summed E-state index contributed by atoms with van der Waals surface area (Å²) in [7, 11) is 0. The van der Waals surface area contributed by atoms with E-state index in [1.165, 1.54) is 6.07 Å². The van der Waals surface area contributed by atoms with Crippen molar-refractivity contribution < 1.29 is 23.9 Å². The zero-order valence-corrected chi connectivity index (χ0v) is 21.7. The minimum atomic E-state index is -0.723. The molecule has 192 valence electrons. The Bertz CT molecular complexity index is 1230. The molecule has 0 bridgehead atoms. The van der Waals surface area contributed by atoms with Crippen molar-refractivity contribution in [2.75, 3.05) is 6.61 Å². The average molecular weight is 499 g/mol. The van der Waals surface area contributed by atoms with Gasteiger partial charge in [0.15, 0.2) is 12.4 Å². The lowest BCUT2D eigenvalue weighted by Crippen LogP contribution is -2.36. The first-order valence-corrected chi connectivity index (χ1v) is 13.0. The van der Waals surface area contributed by atoms with E-state index < -0.39 is 18.5 Å². The smallest absolute Gasteiger partial charge is 0.339 e. The molecule has 0 aromatic heterocycles. The van der Waals surface area contributed by atoms with Crippen molar-refractivity contribution in [2.24, 2.45) is 17.8 Å². The highest BCUT2D eigenvalue weighted by molar-refractivity contribution is 6.04. The van der Waals surface area contributed by atoms with Crippen LogP contribution in [0.4, 0.5) is 0 Å². The Morgan fingerprint density at radius 3 is 2.03 bits per heavy atom. The highest BCUT2D eigenvalue weighted by Crippen LogP contribution is 2.36. The highest BCUT2D eigenvalue weighted by atomic mass is 16.5. The van der Waals surface area contributed by atoms with Gasteiger partial charge in [0.1, 0.15) is 6.10 Å². The molecule has 0 amide bonds. The Morgan fingerprint density at radius 1 is 0.784 bits per heavy atom. The molecule has 3 aromatic carbocycles. The van der Waals surface area contributed by atoms with Crippen LogP contribution in [0.5, 0.6) is 0 Å². The van der Waals surface area contributed by atoms with Gasteiger partial charge in [-0.15, -0.1) is 0 Å². The van der Waals surface area contributed by atoms with Crippen molar-refractivity contribution in [1.29, 1.82) is 0 Å². The van der Waals surface area contributed by atoms with Crippen molar-refractivity contribution in [3.05, 3.63) is 95.6 Å². The fourth-order valence-electron chi connectivity index (χ4n) is 5.06. The lowest BCUT2D eigenvalue weighted by atomic mass is 9.75. The molecule has 5 heteroatoms. The van der Waals surface area contributed by atoms with E-state index in [0.717, 1.165) is 30.4 Å². The van der Waals surface area contributed by atoms with Crippen LogP contribution in [0.15, 0.2) is 78.9 Å². The second kappa shape index (κ2) is 12.0. The van der Waals surface area contributed by atoms with Crippen LogP contribution >= 0.6 is 0 Å². The number of rotatable bonds is 8. The zero-order valence-electron chi connectivity index (χ0n) is 21.7. The van der Waals surface area contributed by atoms with Gasteiger partial charge in [-0.25, -0.2) is 9.59 Å². The SMILES string of the molecule is CC(C)[C@H]1CC[C@H](C)C[C@H]1OC(=O)c1ccccc1C(=O)OCC(=O)c1ccc(-c2ccccc2)cc1. The van der Waals surface area contributed by atoms with E-state index in [-0.39, 0.29) is 23.0 Å². The third-order valence-electron chi connectivity index (χ3n) is 7.23. The zero-order chi connectivity index (χ0) is 26.4. The molecule has 1 fully saturated rings. The molecule has 0 unspecified atom stereocenters.